The standard InChI is InChI=1S/C21H26N2O4S/c1-27-15-16-5-4-8-19(13-16)23-21(24)11-12-22-28(25,26)20-10-9-17-6-2-3-7-18(17)14-20/h4-5,8-10,13-14,22H,2-3,6-7,11-12,15H2,1H3,(H,23,24). The van der Waals surface area contributed by atoms with Crippen molar-refractivity contribution < 1.29 is 17.9 Å². The minimum absolute atomic E-state index is 0.0447. The van der Waals surface area contributed by atoms with E-state index < -0.39 is 10.0 Å². The van der Waals surface area contributed by atoms with Crippen molar-refractivity contribution in [2.45, 2.75) is 43.6 Å². The van der Waals surface area contributed by atoms with Crippen LogP contribution in [-0.2, 0) is 39.0 Å². The Bertz CT molecular complexity index is 941. The Morgan fingerprint density at radius 1 is 1.07 bits per heavy atom. The summed E-state index contributed by atoms with van der Waals surface area (Å²) in [7, 11) is -2.01. The molecule has 0 atom stereocenters. The Morgan fingerprint density at radius 3 is 2.64 bits per heavy atom. The lowest BCUT2D eigenvalue weighted by Crippen LogP contribution is -2.28. The van der Waals surface area contributed by atoms with Gasteiger partial charge < -0.3 is 10.1 Å². The molecule has 1 aliphatic carbocycles. The third-order valence-corrected chi connectivity index (χ3v) is 6.25. The molecule has 0 saturated heterocycles. The molecule has 0 unspecified atom stereocenters. The molecule has 0 saturated carbocycles. The molecule has 0 aromatic heterocycles. The number of benzene rings is 2. The van der Waals surface area contributed by atoms with Crippen LogP contribution in [0.3, 0.4) is 0 Å². The summed E-state index contributed by atoms with van der Waals surface area (Å²) in [5.41, 5.74) is 3.97. The maximum Gasteiger partial charge on any atom is 0.240 e. The van der Waals surface area contributed by atoms with Crippen LogP contribution >= 0.6 is 0 Å². The van der Waals surface area contributed by atoms with E-state index in [0.717, 1.165) is 36.8 Å². The fourth-order valence-corrected chi connectivity index (χ4v) is 4.47. The van der Waals surface area contributed by atoms with Gasteiger partial charge in [0.1, 0.15) is 0 Å². The Labute approximate surface area is 166 Å². The third-order valence-electron chi connectivity index (χ3n) is 4.80. The number of fused-ring (bicyclic) bond motifs is 1. The first kappa shape index (κ1) is 20.5. The number of nitrogens with one attached hydrogen (secondary N) is 2. The second kappa shape index (κ2) is 9.32. The van der Waals surface area contributed by atoms with Gasteiger partial charge in [0.05, 0.1) is 11.5 Å². The topological polar surface area (TPSA) is 84.5 Å². The zero-order valence-electron chi connectivity index (χ0n) is 16.0. The summed E-state index contributed by atoms with van der Waals surface area (Å²) < 4.78 is 32.6. The van der Waals surface area contributed by atoms with Crippen LogP contribution in [0, 0.1) is 0 Å². The number of aryl methyl sites for hydroxylation is 2. The SMILES string of the molecule is COCc1cccc(NC(=O)CCNS(=O)(=O)c2ccc3c(c2)CCCC3)c1. The van der Waals surface area contributed by atoms with Crippen molar-refractivity contribution >= 4 is 21.6 Å². The Morgan fingerprint density at radius 2 is 1.86 bits per heavy atom. The molecule has 3 rings (SSSR count). The van der Waals surface area contributed by atoms with Crippen LogP contribution in [0.15, 0.2) is 47.4 Å². The molecule has 2 aromatic rings. The fourth-order valence-electron chi connectivity index (χ4n) is 3.39. The Balaban J connectivity index is 1.53. The summed E-state index contributed by atoms with van der Waals surface area (Å²) in [6.07, 6.45) is 4.23. The molecule has 0 fully saturated rings. The minimum Gasteiger partial charge on any atom is -0.380 e. The summed E-state index contributed by atoms with van der Waals surface area (Å²) in [6.45, 7) is 0.507. The van der Waals surface area contributed by atoms with Gasteiger partial charge in [0.2, 0.25) is 15.9 Å². The van der Waals surface area contributed by atoms with Crippen molar-refractivity contribution in [3.8, 4) is 0 Å². The van der Waals surface area contributed by atoms with E-state index in [9.17, 15) is 13.2 Å². The van der Waals surface area contributed by atoms with Gasteiger partial charge in [-0.15, -0.1) is 0 Å². The molecule has 7 heteroatoms. The third kappa shape index (κ3) is 5.41. The van der Waals surface area contributed by atoms with Gasteiger partial charge in [0, 0.05) is 25.8 Å². The molecule has 2 N–H and O–H groups in total. The van der Waals surface area contributed by atoms with E-state index in [1.54, 1.807) is 25.3 Å². The van der Waals surface area contributed by atoms with Gasteiger partial charge in [0.15, 0.2) is 0 Å². The number of rotatable bonds is 8. The summed E-state index contributed by atoms with van der Waals surface area (Å²) in [6, 6.07) is 12.7. The van der Waals surface area contributed by atoms with E-state index in [-0.39, 0.29) is 23.8 Å². The first-order chi connectivity index (χ1) is 13.5. The second-order valence-electron chi connectivity index (χ2n) is 6.97. The normalized spacial score (nSPS) is 13.8. The van der Waals surface area contributed by atoms with Crippen LogP contribution in [0.4, 0.5) is 5.69 Å². The highest BCUT2D eigenvalue weighted by Crippen LogP contribution is 2.24. The summed E-state index contributed by atoms with van der Waals surface area (Å²) in [5.74, 6) is -0.247. The summed E-state index contributed by atoms with van der Waals surface area (Å²) in [5, 5.41) is 2.78. The number of carbonyl (C=O) groups is 1. The monoisotopic (exact) mass is 402 g/mol. The highest BCUT2D eigenvalue weighted by molar-refractivity contribution is 7.89. The van der Waals surface area contributed by atoms with Crippen LogP contribution in [-0.4, -0.2) is 28.0 Å². The summed E-state index contributed by atoms with van der Waals surface area (Å²) in [4.78, 5) is 12.4. The number of anilines is 1. The molecule has 2 aromatic carbocycles. The highest BCUT2D eigenvalue weighted by atomic mass is 32.2. The van der Waals surface area contributed by atoms with Crippen LogP contribution in [0.1, 0.15) is 36.0 Å². The largest absolute Gasteiger partial charge is 0.380 e. The van der Waals surface area contributed by atoms with Gasteiger partial charge >= 0.3 is 0 Å². The quantitative estimate of drug-likeness (QED) is 0.711. The van der Waals surface area contributed by atoms with Crippen molar-refractivity contribution in [1.29, 1.82) is 0 Å². The van der Waals surface area contributed by atoms with Crippen molar-refractivity contribution in [2.24, 2.45) is 0 Å². The van der Waals surface area contributed by atoms with E-state index in [4.69, 9.17) is 4.74 Å². The maximum atomic E-state index is 12.5. The van der Waals surface area contributed by atoms with E-state index in [1.807, 2.05) is 24.3 Å². The van der Waals surface area contributed by atoms with Gasteiger partial charge in [-0.2, -0.15) is 0 Å². The summed E-state index contributed by atoms with van der Waals surface area (Å²) >= 11 is 0. The van der Waals surface area contributed by atoms with Gasteiger partial charge in [-0.3, -0.25) is 4.79 Å². The number of amides is 1. The molecule has 1 aliphatic rings. The molecule has 0 aliphatic heterocycles. The number of ether oxygens (including phenoxy) is 1. The zero-order valence-corrected chi connectivity index (χ0v) is 16.8. The molecule has 150 valence electrons. The average Bonchev–Trinajstić information content (AvgIpc) is 2.68. The Hall–Kier alpha value is -2.22. The zero-order chi connectivity index (χ0) is 20.0. The average molecular weight is 403 g/mol. The molecule has 0 spiro atoms. The molecule has 1 amide bonds. The second-order valence-corrected chi connectivity index (χ2v) is 8.73. The Kier molecular flexibility index (Phi) is 6.83. The van der Waals surface area contributed by atoms with E-state index in [2.05, 4.69) is 10.0 Å². The lowest BCUT2D eigenvalue weighted by Gasteiger charge is -2.16. The number of sulfonamides is 1. The number of hydrogen-bond acceptors (Lipinski definition) is 4. The highest BCUT2D eigenvalue weighted by Gasteiger charge is 2.17. The van der Waals surface area contributed by atoms with Crippen molar-refractivity contribution in [3.05, 3.63) is 59.2 Å². The van der Waals surface area contributed by atoms with Gasteiger partial charge in [-0.05, 0) is 66.6 Å². The first-order valence-electron chi connectivity index (χ1n) is 9.47. The smallest absolute Gasteiger partial charge is 0.240 e. The maximum absolute atomic E-state index is 12.5. The van der Waals surface area contributed by atoms with Crippen LogP contribution in [0.5, 0.6) is 0 Å². The van der Waals surface area contributed by atoms with E-state index in [1.165, 1.54) is 5.56 Å². The van der Waals surface area contributed by atoms with Crippen molar-refractivity contribution in [3.63, 3.8) is 0 Å². The molecule has 28 heavy (non-hydrogen) atoms. The predicted molar refractivity (Wildman–Crippen MR) is 109 cm³/mol. The molecular weight excluding hydrogens is 376 g/mol. The molecule has 0 heterocycles. The minimum atomic E-state index is -3.62. The van der Waals surface area contributed by atoms with Crippen molar-refractivity contribution in [2.75, 3.05) is 19.0 Å². The van der Waals surface area contributed by atoms with Crippen LogP contribution < -0.4 is 10.0 Å². The predicted octanol–water partition coefficient (Wildman–Crippen LogP) is 3.02. The van der Waals surface area contributed by atoms with Crippen molar-refractivity contribution in [1.82, 2.24) is 4.72 Å². The van der Waals surface area contributed by atoms with Crippen LogP contribution in [0.25, 0.3) is 0 Å². The number of carbonyl (C=O) groups excluding carboxylic acids is 1. The fraction of sp³-hybridized carbons (Fsp3) is 0.381. The van der Waals surface area contributed by atoms with E-state index in [0.29, 0.717) is 12.3 Å². The molecule has 6 nitrogen and oxygen atoms in total. The van der Waals surface area contributed by atoms with E-state index >= 15 is 0 Å². The lowest BCUT2D eigenvalue weighted by molar-refractivity contribution is -0.116. The number of hydrogen-bond donors (Lipinski definition) is 2. The first-order valence-corrected chi connectivity index (χ1v) is 11.0. The van der Waals surface area contributed by atoms with Gasteiger partial charge in [-0.25, -0.2) is 13.1 Å². The number of methoxy groups -OCH3 is 1. The molecule has 0 bridgehead atoms. The molecular formula is C21H26N2O4S. The van der Waals surface area contributed by atoms with Gasteiger partial charge in [0.25, 0.3) is 0 Å². The lowest BCUT2D eigenvalue weighted by atomic mass is 9.92. The molecule has 0 radical (unpaired) electrons. The van der Waals surface area contributed by atoms with Gasteiger partial charge in [-0.1, -0.05) is 18.2 Å². The van der Waals surface area contributed by atoms with Crippen LogP contribution in [0.2, 0.25) is 0 Å².